The van der Waals surface area contributed by atoms with Crippen molar-refractivity contribution in [1.82, 2.24) is 0 Å². The molecule has 7 aromatic carbocycles. The van der Waals surface area contributed by atoms with E-state index < -0.39 is 10.8 Å². The first-order chi connectivity index (χ1) is 28.0. The van der Waals surface area contributed by atoms with Crippen molar-refractivity contribution in [2.45, 2.75) is 52.4 Å². The van der Waals surface area contributed by atoms with Crippen LogP contribution in [0.1, 0.15) is 63.8 Å². The molecule has 6 heteroatoms. The van der Waals surface area contributed by atoms with Gasteiger partial charge in [0.15, 0.2) is 23.0 Å². The number of hydrogen-bond acceptors (Lipinski definition) is 6. The maximum Gasteiger partial charge on any atom is 0.151 e. The third kappa shape index (κ3) is 5.94. The fourth-order valence-corrected chi connectivity index (χ4v) is 8.51. The summed E-state index contributed by atoms with van der Waals surface area (Å²) in [6.45, 7) is 13.7. The number of para-hydroxylation sites is 8. The summed E-state index contributed by atoms with van der Waals surface area (Å²) in [6, 6.07) is 53.5. The zero-order valence-corrected chi connectivity index (χ0v) is 33.5. The summed E-state index contributed by atoms with van der Waals surface area (Å²) in [5.41, 5.74) is 12.2. The Morgan fingerprint density at radius 2 is 0.690 bits per heavy atom. The maximum absolute atomic E-state index is 10.0. The van der Waals surface area contributed by atoms with E-state index >= 15 is 0 Å². The number of benzene rings is 7. The second-order valence-corrected chi connectivity index (χ2v) is 16.8. The molecular weight excluding hydrogens is 713 g/mol. The topological polar surface area (TPSA) is 72.5 Å². The van der Waals surface area contributed by atoms with Crippen molar-refractivity contribution in [2.75, 3.05) is 9.80 Å². The molecular formula is C52H42N4O2. The number of hydrogen-bond donors (Lipinski definition) is 0. The van der Waals surface area contributed by atoms with E-state index in [1.165, 1.54) is 0 Å². The van der Waals surface area contributed by atoms with Crippen LogP contribution in [-0.4, -0.2) is 0 Å². The third-order valence-electron chi connectivity index (χ3n) is 10.9. The second kappa shape index (κ2) is 13.7. The number of anilines is 6. The van der Waals surface area contributed by atoms with Crippen LogP contribution >= 0.6 is 0 Å². The molecule has 6 nitrogen and oxygen atoms in total. The van der Waals surface area contributed by atoms with Gasteiger partial charge < -0.3 is 19.3 Å². The number of rotatable bonds is 4. The number of ether oxygens (including phenoxy) is 2. The van der Waals surface area contributed by atoms with Crippen LogP contribution in [0, 0.1) is 22.7 Å². The molecule has 0 unspecified atom stereocenters. The van der Waals surface area contributed by atoms with E-state index in [1.54, 1.807) is 0 Å². The third-order valence-corrected chi connectivity index (χ3v) is 10.9. The maximum atomic E-state index is 10.0. The Balaban J connectivity index is 1.58. The Morgan fingerprint density at radius 3 is 0.983 bits per heavy atom. The van der Waals surface area contributed by atoms with Crippen LogP contribution < -0.4 is 19.3 Å². The predicted molar refractivity (Wildman–Crippen MR) is 234 cm³/mol. The van der Waals surface area contributed by atoms with Crippen molar-refractivity contribution in [3.05, 3.63) is 168 Å². The van der Waals surface area contributed by atoms with Crippen LogP contribution in [0.25, 0.3) is 22.3 Å². The van der Waals surface area contributed by atoms with Gasteiger partial charge >= 0.3 is 0 Å². The lowest BCUT2D eigenvalue weighted by Crippen LogP contribution is -2.30. The van der Waals surface area contributed by atoms with Crippen molar-refractivity contribution in [2.24, 2.45) is 0 Å². The van der Waals surface area contributed by atoms with Gasteiger partial charge in [-0.1, -0.05) is 114 Å². The lowest BCUT2D eigenvalue weighted by Gasteiger charge is -2.45. The summed E-state index contributed by atoms with van der Waals surface area (Å²) in [5, 5.41) is 20.0. The Morgan fingerprint density at radius 1 is 0.397 bits per heavy atom. The van der Waals surface area contributed by atoms with E-state index in [4.69, 9.17) is 9.47 Å². The van der Waals surface area contributed by atoms with Gasteiger partial charge in [-0.25, -0.2) is 0 Å². The van der Waals surface area contributed by atoms with E-state index in [0.717, 1.165) is 90.5 Å². The van der Waals surface area contributed by atoms with E-state index in [1.807, 2.05) is 72.8 Å². The summed E-state index contributed by atoms with van der Waals surface area (Å²) in [6.07, 6.45) is 0. The molecule has 0 bridgehead atoms. The van der Waals surface area contributed by atoms with Gasteiger partial charge in [0.1, 0.15) is 0 Å². The van der Waals surface area contributed by atoms with Crippen LogP contribution in [0.2, 0.25) is 0 Å². The van der Waals surface area contributed by atoms with Gasteiger partial charge in [0.2, 0.25) is 0 Å². The molecule has 2 aliphatic heterocycles. The summed E-state index contributed by atoms with van der Waals surface area (Å²) in [7, 11) is 0. The molecule has 0 saturated heterocycles. The molecule has 0 amide bonds. The average molecular weight is 755 g/mol. The SMILES string of the molecule is CC(C)(C)c1c(-c2ccc(C#N)cc2)c(N2c3ccccc3Oc3ccccc32)c(-c2ccc(C#N)cc2)c(C(C)(C)C)c1N1c2ccccc2Oc2ccccc21. The Hall–Kier alpha value is -7.28. The highest BCUT2D eigenvalue weighted by Gasteiger charge is 2.42. The predicted octanol–water partition coefficient (Wildman–Crippen LogP) is 14.5. The number of nitriles is 2. The minimum atomic E-state index is -0.454. The van der Waals surface area contributed by atoms with Crippen LogP contribution in [0.4, 0.5) is 34.1 Å². The summed E-state index contributed by atoms with van der Waals surface area (Å²) >= 11 is 0. The van der Waals surface area contributed by atoms with Gasteiger partial charge in [-0.15, -0.1) is 0 Å². The first-order valence-corrected chi connectivity index (χ1v) is 19.6. The van der Waals surface area contributed by atoms with Gasteiger partial charge in [-0.05, 0) is 106 Å². The largest absolute Gasteiger partial charge is 0.453 e. The molecule has 2 aliphatic rings. The summed E-state index contributed by atoms with van der Waals surface area (Å²) in [4.78, 5) is 4.77. The Bertz CT molecular complexity index is 2640. The molecule has 0 spiro atoms. The highest BCUT2D eigenvalue weighted by Crippen LogP contribution is 2.63. The summed E-state index contributed by atoms with van der Waals surface area (Å²) < 4.78 is 13.3. The van der Waals surface area contributed by atoms with Gasteiger partial charge in [0, 0.05) is 11.1 Å². The molecule has 9 rings (SSSR count). The lowest BCUT2D eigenvalue weighted by molar-refractivity contribution is 0.475. The van der Waals surface area contributed by atoms with Crippen LogP contribution in [0.15, 0.2) is 146 Å². The number of fused-ring (bicyclic) bond motifs is 4. The highest BCUT2D eigenvalue weighted by atomic mass is 16.5. The lowest BCUT2D eigenvalue weighted by atomic mass is 9.70. The zero-order chi connectivity index (χ0) is 40.3. The van der Waals surface area contributed by atoms with Crippen LogP contribution in [0.5, 0.6) is 23.0 Å². The molecule has 2 heterocycles. The van der Waals surface area contributed by atoms with Gasteiger partial charge in [0.05, 0.1) is 57.4 Å². The minimum absolute atomic E-state index is 0.454. The van der Waals surface area contributed by atoms with Crippen molar-refractivity contribution in [3.63, 3.8) is 0 Å². The molecule has 58 heavy (non-hydrogen) atoms. The Labute approximate surface area is 340 Å². The smallest absolute Gasteiger partial charge is 0.151 e. The van der Waals surface area contributed by atoms with Crippen molar-refractivity contribution < 1.29 is 9.47 Å². The highest BCUT2D eigenvalue weighted by molar-refractivity contribution is 6.08. The molecule has 0 atom stereocenters. The van der Waals surface area contributed by atoms with E-state index in [9.17, 15) is 10.5 Å². The van der Waals surface area contributed by atoms with Gasteiger partial charge in [-0.2, -0.15) is 10.5 Å². The molecule has 0 saturated carbocycles. The minimum Gasteiger partial charge on any atom is -0.453 e. The van der Waals surface area contributed by atoms with E-state index in [2.05, 4.69) is 136 Å². The standard InChI is InChI=1S/C52H42N4O2/c1-51(2,3)47-45(35-27-23-33(31-53)24-28-35)49(55-37-15-7-11-19-41(37)57-42-20-12-8-16-38(42)55)46(36-29-25-34(32-54)26-30-36)48(52(4,5)6)50(47)56-39-17-9-13-21-43(39)58-44-22-14-10-18-40(44)56/h7-30H,1-6H3. The normalized spacial score (nSPS) is 12.8. The van der Waals surface area contributed by atoms with Crippen LogP contribution in [-0.2, 0) is 10.8 Å². The molecule has 0 N–H and O–H groups in total. The van der Waals surface area contributed by atoms with E-state index in [-0.39, 0.29) is 0 Å². The first kappa shape index (κ1) is 36.4. The monoisotopic (exact) mass is 754 g/mol. The molecule has 0 aliphatic carbocycles. The van der Waals surface area contributed by atoms with Crippen molar-refractivity contribution in [3.8, 4) is 57.4 Å². The molecule has 0 radical (unpaired) electrons. The fraction of sp³-hybridized carbons (Fsp3) is 0.154. The average Bonchev–Trinajstić information content (AvgIpc) is 3.23. The van der Waals surface area contributed by atoms with E-state index in [0.29, 0.717) is 11.1 Å². The van der Waals surface area contributed by atoms with Crippen molar-refractivity contribution in [1.29, 1.82) is 10.5 Å². The molecule has 282 valence electrons. The van der Waals surface area contributed by atoms with Crippen LogP contribution in [0.3, 0.4) is 0 Å². The van der Waals surface area contributed by atoms with Crippen molar-refractivity contribution >= 4 is 34.1 Å². The van der Waals surface area contributed by atoms with Gasteiger partial charge in [-0.3, -0.25) is 0 Å². The zero-order valence-electron chi connectivity index (χ0n) is 33.5. The van der Waals surface area contributed by atoms with Gasteiger partial charge in [0.25, 0.3) is 0 Å². The molecule has 7 aromatic rings. The molecule has 0 aromatic heterocycles. The fourth-order valence-electron chi connectivity index (χ4n) is 8.51. The second-order valence-electron chi connectivity index (χ2n) is 16.8. The first-order valence-electron chi connectivity index (χ1n) is 19.6. The quantitative estimate of drug-likeness (QED) is 0.178. The summed E-state index contributed by atoms with van der Waals surface area (Å²) in [5.74, 6) is 3.02. The molecule has 0 fully saturated rings. The number of nitrogens with zero attached hydrogens (tertiary/aromatic N) is 4. The Kier molecular flexibility index (Phi) is 8.61.